The highest BCUT2D eigenvalue weighted by Crippen LogP contribution is 2.43. The molecule has 0 radical (unpaired) electrons. The van der Waals surface area contributed by atoms with Gasteiger partial charge in [-0.05, 0) is 18.2 Å². The summed E-state index contributed by atoms with van der Waals surface area (Å²) in [5.41, 5.74) is 4.78. The summed E-state index contributed by atoms with van der Waals surface area (Å²) in [5.74, 6) is -2.69. The topological polar surface area (TPSA) is 96.4 Å². The maximum atomic E-state index is 13.4. The third-order valence-corrected chi connectivity index (χ3v) is 4.21. The van der Waals surface area contributed by atoms with Crippen LogP contribution in [0.2, 0.25) is 0 Å². The molecule has 27 heavy (non-hydrogen) atoms. The lowest BCUT2D eigenvalue weighted by atomic mass is 10.0. The molecule has 2 N–H and O–H groups in total. The first-order valence-corrected chi connectivity index (χ1v) is 8.04. The van der Waals surface area contributed by atoms with Crippen molar-refractivity contribution in [2.75, 3.05) is 12.3 Å². The third-order valence-electron chi connectivity index (χ3n) is 4.21. The van der Waals surface area contributed by atoms with Gasteiger partial charge < -0.3 is 15.2 Å². The van der Waals surface area contributed by atoms with Crippen molar-refractivity contribution >= 4 is 11.8 Å². The van der Waals surface area contributed by atoms with Crippen LogP contribution >= 0.6 is 0 Å². The Morgan fingerprint density at radius 2 is 2.00 bits per heavy atom. The summed E-state index contributed by atoms with van der Waals surface area (Å²) in [6.07, 6.45) is -6.47. The molecule has 0 spiro atoms. The molecule has 1 aromatic carbocycles. The van der Waals surface area contributed by atoms with Gasteiger partial charge in [0.25, 0.3) is 0 Å². The number of hydrogen-bond donors (Lipinski definition) is 1. The first-order valence-electron chi connectivity index (χ1n) is 8.04. The van der Waals surface area contributed by atoms with Crippen LogP contribution in [0.4, 0.5) is 19.0 Å². The molecule has 2 heterocycles. The van der Waals surface area contributed by atoms with E-state index < -0.39 is 49.1 Å². The molecule has 7 nitrogen and oxygen atoms in total. The molecular formula is C17H16F3N3O4. The van der Waals surface area contributed by atoms with Gasteiger partial charge in [0.2, 0.25) is 0 Å². The van der Waals surface area contributed by atoms with E-state index in [1.807, 2.05) is 0 Å². The Hall–Kier alpha value is -2.88. The minimum absolute atomic E-state index is 0.0463. The van der Waals surface area contributed by atoms with Gasteiger partial charge in [-0.1, -0.05) is 18.2 Å². The fraction of sp³-hybridized carbons (Fsp3) is 0.353. The van der Waals surface area contributed by atoms with E-state index in [0.717, 1.165) is 4.57 Å². The largest absolute Gasteiger partial charge is 0.459 e. The Bertz CT molecular complexity index is 870. The number of carbonyl (C=O) groups excluding carboxylic acids is 1. The van der Waals surface area contributed by atoms with E-state index in [-0.39, 0.29) is 11.4 Å². The second kappa shape index (κ2) is 7.39. The first-order chi connectivity index (χ1) is 12.8. The molecule has 0 aliphatic carbocycles. The number of nitrogens with two attached hydrogens (primary N) is 1. The molecule has 2 aromatic rings. The molecule has 3 atom stereocenters. The van der Waals surface area contributed by atoms with Crippen molar-refractivity contribution in [1.29, 1.82) is 0 Å². The molecule has 1 fully saturated rings. The summed E-state index contributed by atoms with van der Waals surface area (Å²) < 4.78 is 51.4. The zero-order valence-electron chi connectivity index (χ0n) is 13.9. The Morgan fingerprint density at radius 1 is 1.30 bits per heavy atom. The maximum absolute atomic E-state index is 13.4. The number of ether oxygens (including phenoxy) is 2. The molecule has 0 amide bonds. The summed E-state index contributed by atoms with van der Waals surface area (Å²) in [5, 5.41) is 0. The number of hydrogen-bond acceptors (Lipinski definition) is 6. The molecule has 0 unspecified atom stereocenters. The van der Waals surface area contributed by atoms with Crippen LogP contribution in [-0.4, -0.2) is 34.4 Å². The number of aromatic nitrogens is 2. The van der Waals surface area contributed by atoms with Crippen molar-refractivity contribution in [3.05, 3.63) is 58.6 Å². The van der Waals surface area contributed by atoms with Crippen molar-refractivity contribution in [2.24, 2.45) is 5.92 Å². The highest BCUT2D eigenvalue weighted by Gasteiger charge is 2.52. The van der Waals surface area contributed by atoms with Crippen LogP contribution in [0.1, 0.15) is 23.0 Å². The Labute approximate surface area is 151 Å². The number of benzene rings is 1. The Balaban J connectivity index is 1.74. The molecule has 1 aliphatic rings. The average Bonchev–Trinajstić information content (AvgIpc) is 3.05. The lowest BCUT2D eigenvalue weighted by Gasteiger charge is -2.20. The number of nitrogen functional groups attached to an aromatic ring is 1. The zero-order chi connectivity index (χ0) is 19.6. The van der Waals surface area contributed by atoms with E-state index in [1.54, 1.807) is 18.2 Å². The van der Waals surface area contributed by atoms with Crippen molar-refractivity contribution in [2.45, 2.75) is 24.9 Å². The predicted octanol–water partition coefficient (Wildman–Crippen LogP) is 2.15. The van der Waals surface area contributed by atoms with E-state index >= 15 is 0 Å². The fourth-order valence-electron chi connectivity index (χ4n) is 2.86. The van der Waals surface area contributed by atoms with Crippen molar-refractivity contribution in [3.63, 3.8) is 0 Å². The van der Waals surface area contributed by atoms with Crippen LogP contribution < -0.4 is 11.4 Å². The molecule has 1 aliphatic heterocycles. The minimum atomic E-state index is -4.58. The van der Waals surface area contributed by atoms with E-state index in [4.69, 9.17) is 15.2 Å². The lowest BCUT2D eigenvalue weighted by molar-refractivity contribution is -0.191. The smallest absolute Gasteiger partial charge is 0.394 e. The molecule has 3 rings (SSSR count). The summed E-state index contributed by atoms with van der Waals surface area (Å²) in [7, 11) is 0. The van der Waals surface area contributed by atoms with Gasteiger partial charge in [0.15, 0.2) is 0 Å². The van der Waals surface area contributed by atoms with Crippen LogP contribution in [-0.2, 0) is 9.47 Å². The van der Waals surface area contributed by atoms with E-state index in [2.05, 4.69) is 4.98 Å². The highest BCUT2D eigenvalue weighted by atomic mass is 19.4. The monoisotopic (exact) mass is 383 g/mol. The summed E-state index contributed by atoms with van der Waals surface area (Å²) >= 11 is 0. The second-order valence-electron chi connectivity index (χ2n) is 6.02. The van der Waals surface area contributed by atoms with Gasteiger partial charge in [-0.2, -0.15) is 18.2 Å². The number of alkyl halides is 3. The molecule has 0 saturated carbocycles. The summed E-state index contributed by atoms with van der Waals surface area (Å²) in [4.78, 5) is 27.3. The number of rotatable bonds is 4. The Morgan fingerprint density at radius 3 is 2.63 bits per heavy atom. The molecule has 1 saturated heterocycles. The van der Waals surface area contributed by atoms with Crippen molar-refractivity contribution in [3.8, 4) is 0 Å². The van der Waals surface area contributed by atoms with E-state index in [1.165, 1.54) is 24.4 Å². The fourth-order valence-corrected chi connectivity index (χ4v) is 2.86. The van der Waals surface area contributed by atoms with E-state index in [0.29, 0.717) is 0 Å². The highest BCUT2D eigenvalue weighted by molar-refractivity contribution is 5.89. The van der Waals surface area contributed by atoms with Gasteiger partial charge in [-0.3, -0.25) is 4.57 Å². The SMILES string of the molecule is Nc1ccn([C@H]2C[C@H](C(F)(F)F)[C@@H](COC(=O)c3ccccc3)O2)c(=O)n1. The van der Waals surface area contributed by atoms with Crippen LogP contribution in [0.5, 0.6) is 0 Å². The zero-order valence-corrected chi connectivity index (χ0v) is 13.9. The minimum Gasteiger partial charge on any atom is -0.459 e. The number of esters is 1. The van der Waals surface area contributed by atoms with Crippen molar-refractivity contribution < 1.29 is 27.4 Å². The van der Waals surface area contributed by atoms with Gasteiger partial charge in [0.05, 0.1) is 11.5 Å². The molecule has 0 bridgehead atoms. The Kier molecular flexibility index (Phi) is 5.17. The molecule has 1 aromatic heterocycles. The normalized spacial score (nSPS) is 22.6. The molecule has 144 valence electrons. The second-order valence-corrected chi connectivity index (χ2v) is 6.02. The number of halogens is 3. The number of carbonyl (C=O) groups is 1. The van der Waals surface area contributed by atoms with E-state index in [9.17, 15) is 22.8 Å². The van der Waals surface area contributed by atoms with Crippen LogP contribution in [0.3, 0.4) is 0 Å². The van der Waals surface area contributed by atoms with Crippen LogP contribution in [0, 0.1) is 5.92 Å². The molecular weight excluding hydrogens is 367 g/mol. The average molecular weight is 383 g/mol. The maximum Gasteiger partial charge on any atom is 0.394 e. The van der Waals surface area contributed by atoms with Gasteiger partial charge in [0.1, 0.15) is 24.8 Å². The quantitative estimate of drug-likeness (QED) is 0.813. The van der Waals surface area contributed by atoms with Crippen molar-refractivity contribution in [1.82, 2.24) is 9.55 Å². The third kappa shape index (κ3) is 4.27. The summed E-state index contributed by atoms with van der Waals surface area (Å²) in [6, 6.07) is 9.17. The first kappa shape index (κ1) is 18.9. The summed E-state index contributed by atoms with van der Waals surface area (Å²) in [6.45, 7) is -0.592. The van der Waals surface area contributed by atoms with Crippen LogP contribution in [0.25, 0.3) is 0 Å². The van der Waals surface area contributed by atoms with Gasteiger partial charge in [0, 0.05) is 12.6 Å². The molecule has 10 heteroatoms. The van der Waals surface area contributed by atoms with Gasteiger partial charge in [-0.15, -0.1) is 0 Å². The van der Waals surface area contributed by atoms with Gasteiger partial charge >= 0.3 is 17.8 Å². The lowest BCUT2D eigenvalue weighted by Crippen LogP contribution is -2.34. The standard InChI is InChI=1S/C17H16F3N3O4/c18-17(19,20)11-8-14(23-7-6-13(21)22-16(23)25)27-12(11)9-26-15(24)10-4-2-1-3-5-10/h1-7,11-12,14H,8-9H2,(H2,21,22,25)/t11-,12+,14+/m0/s1. The number of anilines is 1. The number of nitrogens with zero attached hydrogens (tertiary/aromatic N) is 2. The van der Waals surface area contributed by atoms with Crippen LogP contribution in [0.15, 0.2) is 47.4 Å². The van der Waals surface area contributed by atoms with Gasteiger partial charge in [-0.25, -0.2) is 9.59 Å². The predicted molar refractivity (Wildman–Crippen MR) is 87.7 cm³/mol.